The third-order valence-electron chi connectivity index (χ3n) is 5.10. The Kier molecular flexibility index (Phi) is 7.49. The van der Waals surface area contributed by atoms with Gasteiger partial charge in [0.2, 0.25) is 5.91 Å². The standard InChI is InChI=1S/C23H24FN5OS2/c1-31-20-4-2-3-18(15-20)26-22(30)16-32-23-25-10-9-21(27-23)29-13-11-28(12-14-29)19-7-5-17(24)6-8-19/h2-10,15H,11-14,16H2,1H3,(H,26,30). The van der Waals surface area contributed by atoms with E-state index in [4.69, 9.17) is 0 Å². The molecule has 1 aliphatic rings. The minimum Gasteiger partial charge on any atom is -0.368 e. The fraction of sp³-hybridized carbons (Fsp3) is 0.261. The van der Waals surface area contributed by atoms with E-state index in [2.05, 4.69) is 25.1 Å². The van der Waals surface area contributed by atoms with Crippen molar-refractivity contribution in [3.63, 3.8) is 0 Å². The first-order chi connectivity index (χ1) is 15.6. The van der Waals surface area contributed by atoms with Crippen LogP contribution in [0.3, 0.4) is 0 Å². The second kappa shape index (κ2) is 10.7. The van der Waals surface area contributed by atoms with Gasteiger partial charge in [0.25, 0.3) is 0 Å². The van der Waals surface area contributed by atoms with Crippen molar-refractivity contribution in [2.45, 2.75) is 10.1 Å². The van der Waals surface area contributed by atoms with Crippen molar-refractivity contribution in [2.75, 3.05) is 53.3 Å². The Hall–Kier alpha value is -2.78. The number of amides is 1. The summed E-state index contributed by atoms with van der Waals surface area (Å²) in [7, 11) is 0. The summed E-state index contributed by atoms with van der Waals surface area (Å²) in [4.78, 5) is 26.8. The molecular weight excluding hydrogens is 445 g/mol. The Balaban J connectivity index is 1.29. The first kappa shape index (κ1) is 22.4. The van der Waals surface area contributed by atoms with Gasteiger partial charge in [0.1, 0.15) is 11.6 Å². The van der Waals surface area contributed by atoms with Gasteiger partial charge in [-0.2, -0.15) is 0 Å². The summed E-state index contributed by atoms with van der Waals surface area (Å²) in [5, 5.41) is 3.50. The number of carbonyl (C=O) groups is 1. The van der Waals surface area contributed by atoms with E-state index in [1.54, 1.807) is 18.0 Å². The number of hydrogen-bond donors (Lipinski definition) is 1. The summed E-state index contributed by atoms with van der Waals surface area (Å²) in [5.74, 6) is 0.788. The van der Waals surface area contributed by atoms with Crippen LogP contribution in [0.2, 0.25) is 0 Å². The molecule has 1 aliphatic heterocycles. The van der Waals surface area contributed by atoms with Gasteiger partial charge in [-0.3, -0.25) is 4.79 Å². The van der Waals surface area contributed by atoms with Gasteiger partial charge >= 0.3 is 0 Å². The molecule has 4 rings (SSSR count). The number of nitrogens with zero attached hydrogens (tertiary/aromatic N) is 4. The Morgan fingerprint density at radius 2 is 1.81 bits per heavy atom. The molecule has 0 bridgehead atoms. The summed E-state index contributed by atoms with van der Waals surface area (Å²) < 4.78 is 13.2. The van der Waals surface area contributed by atoms with Gasteiger partial charge in [-0.1, -0.05) is 17.8 Å². The number of halogens is 1. The molecule has 0 aliphatic carbocycles. The summed E-state index contributed by atoms with van der Waals surface area (Å²) >= 11 is 2.96. The van der Waals surface area contributed by atoms with Crippen molar-refractivity contribution < 1.29 is 9.18 Å². The highest BCUT2D eigenvalue weighted by Crippen LogP contribution is 2.22. The lowest BCUT2D eigenvalue weighted by molar-refractivity contribution is -0.113. The quantitative estimate of drug-likeness (QED) is 0.407. The monoisotopic (exact) mass is 469 g/mol. The van der Waals surface area contributed by atoms with Crippen LogP contribution in [0.25, 0.3) is 0 Å². The van der Waals surface area contributed by atoms with Crippen LogP contribution in [0.5, 0.6) is 0 Å². The van der Waals surface area contributed by atoms with E-state index in [1.807, 2.05) is 48.7 Å². The number of anilines is 3. The number of benzene rings is 2. The van der Waals surface area contributed by atoms with E-state index >= 15 is 0 Å². The van der Waals surface area contributed by atoms with Crippen molar-refractivity contribution in [3.05, 3.63) is 66.6 Å². The second-order valence-electron chi connectivity index (χ2n) is 7.22. The van der Waals surface area contributed by atoms with Gasteiger partial charge in [0, 0.05) is 48.6 Å². The van der Waals surface area contributed by atoms with E-state index in [-0.39, 0.29) is 17.5 Å². The largest absolute Gasteiger partial charge is 0.368 e. The number of thioether (sulfide) groups is 2. The van der Waals surface area contributed by atoms with Crippen LogP contribution < -0.4 is 15.1 Å². The van der Waals surface area contributed by atoms with Crippen LogP contribution in [0, 0.1) is 5.82 Å². The number of rotatable bonds is 7. The van der Waals surface area contributed by atoms with Crippen LogP contribution in [0.15, 0.2) is 70.8 Å². The first-order valence-corrected chi connectivity index (χ1v) is 12.5. The predicted octanol–water partition coefficient (Wildman–Crippen LogP) is 4.40. The molecule has 9 heteroatoms. The van der Waals surface area contributed by atoms with Gasteiger partial charge in [-0.05, 0) is 54.8 Å². The maximum Gasteiger partial charge on any atom is 0.234 e. The predicted molar refractivity (Wildman–Crippen MR) is 130 cm³/mol. The van der Waals surface area contributed by atoms with E-state index in [1.165, 1.54) is 23.9 Å². The lowest BCUT2D eigenvalue weighted by Crippen LogP contribution is -2.46. The SMILES string of the molecule is CSc1cccc(NC(=O)CSc2nccc(N3CCN(c4ccc(F)cc4)CC3)n2)c1. The van der Waals surface area contributed by atoms with E-state index < -0.39 is 0 Å². The summed E-state index contributed by atoms with van der Waals surface area (Å²) in [6.45, 7) is 3.28. The first-order valence-electron chi connectivity index (χ1n) is 10.3. The highest BCUT2D eigenvalue weighted by atomic mass is 32.2. The fourth-order valence-electron chi connectivity index (χ4n) is 3.45. The summed E-state index contributed by atoms with van der Waals surface area (Å²) in [6.07, 6.45) is 3.74. The lowest BCUT2D eigenvalue weighted by atomic mass is 10.2. The molecule has 2 aromatic carbocycles. The summed E-state index contributed by atoms with van der Waals surface area (Å²) in [6, 6.07) is 16.3. The molecule has 32 heavy (non-hydrogen) atoms. The van der Waals surface area contributed by atoms with Crippen LogP contribution in [-0.4, -0.2) is 54.1 Å². The minimum absolute atomic E-state index is 0.0878. The molecule has 1 fully saturated rings. The van der Waals surface area contributed by atoms with Crippen LogP contribution >= 0.6 is 23.5 Å². The van der Waals surface area contributed by atoms with Crippen molar-refractivity contribution in [3.8, 4) is 0 Å². The lowest BCUT2D eigenvalue weighted by Gasteiger charge is -2.36. The highest BCUT2D eigenvalue weighted by Gasteiger charge is 2.19. The molecule has 0 spiro atoms. The molecule has 1 saturated heterocycles. The Morgan fingerprint density at radius 1 is 1.06 bits per heavy atom. The third kappa shape index (κ3) is 5.92. The molecule has 0 saturated carbocycles. The normalized spacial score (nSPS) is 13.8. The minimum atomic E-state index is -0.222. The highest BCUT2D eigenvalue weighted by molar-refractivity contribution is 7.99. The topological polar surface area (TPSA) is 61.4 Å². The Bertz CT molecular complexity index is 1060. The maximum absolute atomic E-state index is 13.2. The van der Waals surface area contributed by atoms with Crippen LogP contribution in [-0.2, 0) is 4.79 Å². The van der Waals surface area contributed by atoms with Crippen LogP contribution in [0.1, 0.15) is 0 Å². The van der Waals surface area contributed by atoms with Crippen LogP contribution in [0.4, 0.5) is 21.6 Å². The number of piperazine rings is 1. The van der Waals surface area contributed by atoms with Gasteiger partial charge in [0.15, 0.2) is 5.16 Å². The van der Waals surface area contributed by atoms with Crippen molar-refractivity contribution >= 4 is 46.6 Å². The Labute approximate surface area is 195 Å². The average molecular weight is 470 g/mol. The van der Waals surface area contributed by atoms with Crippen molar-refractivity contribution in [1.82, 2.24) is 9.97 Å². The zero-order chi connectivity index (χ0) is 22.3. The number of hydrogen-bond acceptors (Lipinski definition) is 7. The smallest absolute Gasteiger partial charge is 0.234 e. The molecule has 6 nitrogen and oxygen atoms in total. The van der Waals surface area contributed by atoms with Crippen molar-refractivity contribution in [1.29, 1.82) is 0 Å². The van der Waals surface area contributed by atoms with Gasteiger partial charge in [0.05, 0.1) is 5.75 Å². The molecule has 1 aromatic heterocycles. The van der Waals surface area contributed by atoms with E-state index in [0.29, 0.717) is 5.16 Å². The van der Waals surface area contributed by atoms with E-state index in [0.717, 1.165) is 48.3 Å². The fourth-order valence-corrected chi connectivity index (χ4v) is 4.54. The number of nitrogens with one attached hydrogen (secondary N) is 1. The van der Waals surface area contributed by atoms with E-state index in [9.17, 15) is 9.18 Å². The molecule has 166 valence electrons. The third-order valence-corrected chi connectivity index (χ3v) is 6.69. The molecule has 1 amide bonds. The van der Waals surface area contributed by atoms with Crippen molar-refractivity contribution in [2.24, 2.45) is 0 Å². The molecule has 0 atom stereocenters. The number of aromatic nitrogens is 2. The molecule has 3 aromatic rings. The molecule has 1 N–H and O–H groups in total. The zero-order valence-electron chi connectivity index (χ0n) is 17.7. The number of carbonyl (C=O) groups excluding carboxylic acids is 1. The molecular formula is C23H24FN5OS2. The Morgan fingerprint density at radius 3 is 2.56 bits per heavy atom. The molecule has 0 unspecified atom stereocenters. The van der Waals surface area contributed by atoms with Gasteiger partial charge < -0.3 is 15.1 Å². The molecule has 2 heterocycles. The second-order valence-corrected chi connectivity index (χ2v) is 9.04. The maximum atomic E-state index is 13.2. The molecule has 0 radical (unpaired) electrons. The average Bonchev–Trinajstić information content (AvgIpc) is 2.84. The summed E-state index contributed by atoms with van der Waals surface area (Å²) in [5.41, 5.74) is 1.82. The van der Waals surface area contributed by atoms with Gasteiger partial charge in [-0.25, -0.2) is 14.4 Å². The zero-order valence-corrected chi connectivity index (χ0v) is 19.3. The van der Waals surface area contributed by atoms with Gasteiger partial charge in [-0.15, -0.1) is 11.8 Å².